The lowest BCUT2D eigenvalue weighted by molar-refractivity contribution is -0.126. The molecule has 1 aliphatic rings. The molecule has 0 radical (unpaired) electrons. The van der Waals surface area contributed by atoms with Gasteiger partial charge in [0, 0.05) is 18.0 Å². The Kier molecular flexibility index (Phi) is 4.97. The molecule has 2 heterocycles. The van der Waals surface area contributed by atoms with Crippen LogP contribution in [0.5, 0.6) is 0 Å². The summed E-state index contributed by atoms with van der Waals surface area (Å²) in [6, 6.07) is 12.2. The Morgan fingerprint density at radius 1 is 1.22 bits per heavy atom. The van der Waals surface area contributed by atoms with Gasteiger partial charge in [0.2, 0.25) is 0 Å². The molecule has 0 spiro atoms. The fraction of sp³-hybridized carbons (Fsp3) is 0.263. The standard InChI is InChI=1S/C19H18N4O3S/c24-18(20-11-13-5-2-1-3-6-13)17(16-7-4-10-26-16)23(14-8-9-14)19(25)15-12-27-22-21-15/h1-7,10,12,14,17H,8-9,11H2,(H,20,24)/t17-/m1/s1. The molecule has 0 unspecified atom stereocenters. The van der Waals surface area contributed by atoms with Crippen molar-refractivity contribution in [1.29, 1.82) is 0 Å². The van der Waals surface area contributed by atoms with Crippen LogP contribution in [0.2, 0.25) is 0 Å². The highest BCUT2D eigenvalue weighted by Crippen LogP contribution is 2.36. The van der Waals surface area contributed by atoms with Crippen molar-refractivity contribution in [3.63, 3.8) is 0 Å². The molecule has 2 amide bonds. The lowest BCUT2D eigenvalue weighted by atomic mass is 10.1. The normalized spacial score (nSPS) is 14.5. The summed E-state index contributed by atoms with van der Waals surface area (Å²) >= 11 is 1.11. The van der Waals surface area contributed by atoms with E-state index in [9.17, 15) is 9.59 Å². The summed E-state index contributed by atoms with van der Waals surface area (Å²) in [5.74, 6) is -0.149. The van der Waals surface area contributed by atoms with E-state index in [1.807, 2.05) is 30.3 Å². The highest BCUT2D eigenvalue weighted by Gasteiger charge is 2.43. The van der Waals surface area contributed by atoms with Crippen LogP contribution in [0.4, 0.5) is 0 Å². The van der Waals surface area contributed by atoms with E-state index in [1.54, 1.807) is 22.4 Å². The maximum Gasteiger partial charge on any atom is 0.276 e. The second-order valence-corrected chi connectivity index (χ2v) is 6.96. The van der Waals surface area contributed by atoms with Crippen molar-refractivity contribution >= 4 is 23.3 Å². The van der Waals surface area contributed by atoms with E-state index in [0.717, 1.165) is 29.9 Å². The van der Waals surface area contributed by atoms with E-state index in [-0.39, 0.29) is 23.6 Å². The summed E-state index contributed by atoms with van der Waals surface area (Å²) in [5.41, 5.74) is 1.23. The molecule has 7 nitrogen and oxygen atoms in total. The molecular weight excluding hydrogens is 364 g/mol. The first-order valence-electron chi connectivity index (χ1n) is 8.69. The first kappa shape index (κ1) is 17.4. The number of hydrogen-bond acceptors (Lipinski definition) is 6. The summed E-state index contributed by atoms with van der Waals surface area (Å²) in [7, 11) is 0. The predicted octanol–water partition coefficient (Wildman–Crippen LogP) is 2.79. The molecule has 2 aromatic heterocycles. The Morgan fingerprint density at radius 3 is 2.67 bits per heavy atom. The smallest absolute Gasteiger partial charge is 0.276 e. The predicted molar refractivity (Wildman–Crippen MR) is 98.8 cm³/mol. The molecular formula is C19H18N4O3S. The van der Waals surface area contributed by atoms with E-state index in [1.165, 1.54) is 6.26 Å². The minimum absolute atomic E-state index is 0.00299. The quantitative estimate of drug-likeness (QED) is 0.679. The Bertz CT molecular complexity index is 892. The molecule has 4 rings (SSSR count). The van der Waals surface area contributed by atoms with Gasteiger partial charge in [0.15, 0.2) is 11.7 Å². The van der Waals surface area contributed by atoms with Crippen molar-refractivity contribution < 1.29 is 14.0 Å². The highest BCUT2D eigenvalue weighted by molar-refractivity contribution is 7.03. The van der Waals surface area contributed by atoms with Crippen LogP contribution in [0.3, 0.4) is 0 Å². The Balaban J connectivity index is 1.59. The van der Waals surface area contributed by atoms with Crippen LogP contribution < -0.4 is 5.32 Å². The molecule has 8 heteroatoms. The molecule has 1 atom stereocenters. The number of nitrogens with zero attached hydrogens (tertiary/aromatic N) is 3. The second kappa shape index (κ2) is 7.71. The highest BCUT2D eigenvalue weighted by atomic mass is 32.1. The van der Waals surface area contributed by atoms with Crippen LogP contribution in [-0.4, -0.2) is 32.3 Å². The van der Waals surface area contributed by atoms with Crippen molar-refractivity contribution in [3.05, 3.63) is 71.1 Å². The summed E-state index contributed by atoms with van der Waals surface area (Å²) in [5, 5.41) is 8.40. The Hall–Kier alpha value is -3.00. The van der Waals surface area contributed by atoms with Gasteiger partial charge in [0.25, 0.3) is 11.8 Å². The average molecular weight is 382 g/mol. The van der Waals surface area contributed by atoms with Gasteiger partial charge >= 0.3 is 0 Å². The van der Waals surface area contributed by atoms with Gasteiger partial charge in [0.05, 0.1) is 6.26 Å². The van der Waals surface area contributed by atoms with Gasteiger partial charge in [-0.05, 0) is 42.1 Å². The molecule has 3 aromatic rings. The van der Waals surface area contributed by atoms with Gasteiger partial charge in [-0.2, -0.15) is 0 Å². The number of nitrogens with one attached hydrogen (secondary N) is 1. The average Bonchev–Trinajstić information content (AvgIpc) is 3.15. The summed E-state index contributed by atoms with van der Waals surface area (Å²) in [4.78, 5) is 27.7. The maximum absolute atomic E-state index is 13.1. The van der Waals surface area contributed by atoms with Gasteiger partial charge in [-0.3, -0.25) is 9.59 Å². The topological polar surface area (TPSA) is 88.3 Å². The van der Waals surface area contributed by atoms with Gasteiger partial charge in [0.1, 0.15) is 5.76 Å². The summed E-state index contributed by atoms with van der Waals surface area (Å²) in [6.45, 7) is 0.377. The molecule has 1 N–H and O–H groups in total. The van der Waals surface area contributed by atoms with E-state index < -0.39 is 6.04 Å². The van der Waals surface area contributed by atoms with Gasteiger partial charge < -0.3 is 14.6 Å². The number of aromatic nitrogens is 2. The number of furan rings is 1. The van der Waals surface area contributed by atoms with Gasteiger partial charge in [-0.25, -0.2) is 0 Å². The monoisotopic (exact) mass is 382 g/mol. The van der Waals surface area contributed by atoms with E-state index in [4.69, 9.17) is 4.42 Å². The maximum atomic E-state index is 13.1. The molecule has 1 aromatic carbocycles. The number of amides is 2. The van der Waals surface area contributed by atoms with E-state index in [0.29, 0.717) is 12.3 Å². The van der Waals surface area contributed by atoms with Crippen LogP contribution in [0.25, 0.3) is 0 Å². The largest absolute Gasteiger partial charge is 0.467 e. The van der Waals surface area contributed by atoms with E-state index in [2.05, 4.69) is 14.9 Å². The zero-order chi connectivity index (χ0) is 18.6. The summed E-state index contributed by atoms with van der Waals surface area (Å²) in [6.07, 6.45) is 3.21. The van der Waals surface area contributed by atoms with Gasteiger partial charge in [-0.1, -0.05) is 34.8 Å². The summed E-state index contributed by atoms with van der Waals surface area (Å²) < 4.78 is 9.28. The van der Waals surface area contributed by atoms with Crippen molar-refractivity contribution in [2.24, 2.45) is 0 Å². The number of benzene rings is 1. The van der Waals surface area contributed by atoms with Crippen LogP contribution in [0.15, 0.2) is 58.5 Å². The third-order valence-electron chi connectivity index (χ3n) is 4.40. The molecule has 1 fully saturated rings. The van der Waals surface area contributed by atoms with Crippen molar-refractivity contribution in [2.75, 3.05) is 0 Å². The molecule has 0 aliphatic heterocycles. The Morgan fingerprint density at radius 2 is 2.04 bits per heavy atom. The Labute approximate surface area is 160 Å². The van der Waals surface area contributed by atoms with Crippen LogP contribution >= 0.6 is 11.5 Å². The molecule has 0 saturated heterocycles. The SMILES string of the molecule is O=C(NCc1ccccc1)[C@@H](c1ccco1)N(C(=O)c1csnn1)C1CC1. The lowest BCUT2D eigenvalue weighted by Crippen LogP contribution is -2.44. The number of carbonyl (C=O) groups is 2. The van der Waals surface area contributed by atoms with E-state index >= 15 is 0 Å². The molecule has 1 aliphatic carbocycles. The minimum atomic E-state index is -0.842. The second-order valence-electron chi connectivity index (χ2n) is 6.36. The third-order valence-corrected chi connectivity index (χ3v) is 4.91. The van der Waals surface area contributed by atoms with Crippen molar-refractivity contribution in [2.45, 2.75) is 31.5 Å². The van der Waals surface area contributed by atoms with Gasteiger partial charge in [-0.15, -0.1) is 5.10 Å². The zero-order valence-corrected chi connectivity index (χ0v) is 15.3. The molecule has 0 bridgehead atoms. The van der Waals surface area contributed by atoms with Crippen molar-refractivity contribution in [1.82, 2.24) is 19.8 Å². The first-order valence-corrected chi connectivity index (χ1v) is 9.52. The fourth-order valence-electron chi connectivity index (χ4n) is 2.96. The molecule has 138 valence electrons. The lowest BCUT2D eigenvalue weighted by Gasteiger charge is -2.29. The number of hydrogen-bond donors (Lipinski definition) is 1. The third kappa shape index (κ3) is 3.90. The first-order chi connectivity index (χ1) is 13.2. The number of carbonyl (C=O) groups excluding carboxylic acids is 2. The number of rotatable bonds is 7. The zero-order valence-electron chi connectivity index (χ0n) is 14.4. The van der Waals surface area contributed by atoms with Crippen molar-refractivity contribution in [3.8, 4) is 0 Å². The molecule has 27 heavy (non-hydrogen) atoms. The van der Waals surface area contributed by atoms with Crippen LogP contribution in [-0.2, 0) is 11.3 Å². The van der Waals surface area contributed by atoms with Crippen LogP contribution in [0.1, 0.15) is 40.7 Å². The minimum Gasteiger partial charge on any atom is -0.467 e. The van der Waals surface area contributed by atoms with Crippen LogP contribution in [0, 0.1) is 0 Å². The fourth-order valence-corrected chi connectivity index (χ4v) is 3.39. The molecule has 1 saturated carbocycles.